The summed E-state index contributed by atoms with van der Waals surface area (Å²) in [6, 6.07) is 0. The summed E-state index contributed by atoms with van der Waals surface area (Å²) in [5.74, 6) is 0.0568. The molecular formula is C12H19N3O2. The summed E-state index contributed by atoms with van der Waals surface area (Å²) in [6.45, 7) is 4.39. The number of nitrogens with zero attached hydrogens (tertiary/aromatic N) is 3. The van der Waals surface area contributed by atoms with Crippen LogP contribution in [0.4, 0.5) is 0 Å². The van der Waals surface area contributed by atoms with Gasteiger partial charge in [-0.15, -0.1) is 0 Å². The smallest absolute Gasteiger partial charge is 0.251 e. The lowest BCUT2D eigenvalue weighted by molar-refractivity contribution is -0.150. The van der Waals surface area contributed by atoms with Crippen LogP contribution in [0, 0.1) is 0 Å². The zero-order valence-corrected chi connectivity index (χ0v) is 10.4. The molecule has 0 saturated carbocycles. The lowest BCUT2D eigenvalue weighted by Gasteiger charge is -2.29. The van der Waals surface area contributed by atoms with E-state index in [0.29, 0.717) is 19.6 Å². The summed E-state index contributed by atoms with van der Waals surface area (Å²) in [4.78, 5) is 17.8. The normalized spacial score (nSPS) is 20.9. The molecule has 94 valence electrons. The fraction of sp³-hybridized carbons (Fsp3) is 0.667. The van der Waals surface area contributed by atoms with Crippen molar-refractivity contribution >= 4 is 5.91 Å². The fourth-order valence-electron chi connectivity index (χ4n) is 1.99. The van der Waals surface area contributed by atoms with Crippen molar-refractivity contribution in [3.63, 3.8) is 0 Å². The molecule has 0 bridgehead atoms. The van der Waals surface area contributed by atoms with E-state index in [1.807, 2.05) is 24.1 Å². The number of imidazole rings is 1. The fourth-order valence-corrected chi connectivity index (χ4v) is 1.99. The maximum atomic E-state index is 11.8. The molecule has 1 saturated heterocycles. The van der Waals surface area contributed by atoms with Crippen LogP contribution in [0.15, 0.2) is 12.5 Å². The first-order chi connectivity index (χ1) is 8.20. The van der Waals surface area contributed by atoms with Crippen LogP contribution in [0.2, 0.25) is 0 Å². The van der Waals surface area contributed by atoms with E-state index in [2.05, 4.69) is 11.9 Å². The van der Waals surface area contributed by atoms with Crippen LogP contribution in [0.1, 0.15) is 19.0 Å². The zero-order chi connectivity index (χ0) is 12.3. The molecule has 5 nitrogen and oxygen atoms in total. The topological polar surface area (TPSA) is 47.4 Å². The Kier molecular flexibility index (Phi) is 3.78. The molecule has 0 unspecified atom stereocenters. The van der Waals surface area contributed by atoms with Gasteiger partial charge in [0.2, 0.25) is 0 Å². The van der Waals surface area contributed by atoms with Crippen molar-refractivity contribution in [2.45, 2.75) is 32.4 Å². The van der Waals surface area contributed by atoms with Crippen molar-refractivity contribution < 1.29 is 9.53 Å². The van der Waals surface area contributed by atoms with Crippen molar-refractivity contribution in [2.75, 3.05) is 20.2 Å². The number of rotatable bonds is 4. The van der Waals surface area contributed by atoms with Gasteiger partial charge in [-0.3, -0.25) is 4.79 Å². The van der Waals surface area contributed by atoms with Gasteiger partial charge in [0, 0.05) is 32.8 Å². The van der Waals surface area contributed by atoms with Gasteiger partial charge in [0.25, 0.3) is 5.91 Å². The van der Waals surface area contributed by atoms with E-state index in [-0.39, 0.29) is 12.0 Å². The van der Waals surface area contributed by atoms with Gasteiger partial charge in [-0.1, -0.05) is 6.92 Å². The minimum Gasteiger partial charge on any atom is -0.366 e. The highest BCUT2D eigenvalue weighted by Gasteiger charge is 2.27. The van der Waals surface area contributed by atoms with Crippen LogP contribution in [0.25, 0.3) is 0 Å². The molecule has 1 aliphatic rings. The number of carbonyl (C=O) groups is 1. The summed E-state index contributed by atoms with van der Waals surface area (Å²) in [5.41, 5.74) is 0.923. The summed E-state index contributed by atoms with van der Waals surface area (Å²) in [5, 5.41) is 0. The molecule has 1 aromatic heterocycles. The largest absolute Gasteiger partial charge is 0.366 e. The SMILES string of the molecule is CCCn1cnc(C[C@@H]2OCCN(C)C2=O)c1. The molecule has 0 aromatic carbocycles. The average Bonchev–Trinajstić information content (AvgIpc) is 2.73. The van der Waals surface area contributed by atoms with E-state index in [0.717, 1.165) is 18.7 Å². The molecule has 0 aliphatic carbocycles. The Labute approximate surface area is 101 Å². The average molecular weight is 237 g/mol. The molecule has 1 aromatic rings. The number of likely N-dealkylation sites (N-methyl/N-ethyl adjacent to an activating group) is 1. The van der Waals surface area contributed by atoms with E-state index >= 15 is 0 Å². The Bertz CT molecular complexity index is 389. The van der Waals surface area contributed by atoms with Crippen molar-refractivity contribution in [3.8, 4) is 0 Å². The van der Waals surface area contributed by atoms with Gasteiger partial charge in [-0.05, 0) is 6.42 Å². The van der Waals surface area contributed by atoms with Gasteiger partial charge in [-0.25, -0.2) is 4.98 Å². The Morgan fingerprint density at radius 1 is 1.59 bits per heavy atom. The monoisotopic (exact) mass is 237 g/mol. The number of carbonyl (C=O) groups excluding carboxylic acids is 1. The second-order valence-corrected chi connectivity index (χ2v) is 4.43. The Hall–Kier alpha value is -1.36. The predicted octanol–water partition coefficient (Wildman–Crippen LogP) is 0.693. The number of hydrogen-bond acceptors (Lipinski definition) is 3. The Morgan fingerprint density at radius 2 is 2.41 bits per heavy atom. The third-order valence-corrected chi connectivity index (χ3v) is 2.96. The quantitative estimate of drug-likeness (QED) is 0.774. The van der Waals surface area contributed by atoms with Crippen LogP contribution in [0.5, 0.6) is 0 Å². The van der Waals surface area contributed by atoms with Crippen LogP contribution >= 0.6 is 0 Å². The Balaban J connectivity index is 1.97. The molecule has 1 fully saturated rings. The number of hydrogen-bond donors (Lipinski definition) is 0. The molecule has 0 radical (unpaired) electrons. The summed E-state index contributed by atoms with van der Waals surface area (Å²) in [6.07, 6.45) is 5.10. The van der Waals surface area contributed by atoms with Gasteiger partial charge in [0.1, 0.15) is 6.10 Å². The second-order valence-electron chi connectivity index (χ2n) is 4.43. The first-order valence-corrected chi connectivity index (χ1v) is 6.08. The van der Waals surface area contributed by atoms with Crippen molar-refractivity contribution in [2.24, 2.45) is 0 Å². The Morgan fingerprint density at radius 3 is 3.18 bits per heavy atom. The first-order valence-electron chi connectivity index (χ1n) is 6.08. The van der Waals surface area contributed by atoms with Gasteiger partial charge in [-0.2, -0.15) is 0 Å². The third kappa shape index (κ3) is 2.85. The molecule has 1 atom stereocenters. The molecular weight excluding hydrogens is 218 g/mol. The molecule has 2 heterocycles. The van der Waals surface area contributed by atoms with E-state index < -0.39 is 0 Å². The molecule has 0 N–H and O–H groups in total. The van der Waals surface area contributed by atoms with Crippen LogP contribution in [0.3, 0.4) is 0 Å². The molecule has 0 spiro atoms. The number of aryl methyl sites for hydroxylation is 1. The predicted molar refractivity (Wildman–Crippen MR) is 63.6 cm³/mol. The van der Waals surface area contributed by atoms with Gasteiger partial charge in [0.05, 0.1) is 18.6 Å². The van der Waals surface area contributed by atoms with Gasteiger partial charge in [0.15, 0.2) is 0 Å². The number of ether oxygens (including phenoxy) is 1. The second kappa shape index (κ2) is 5.31. The van der Waals surface area contributed by atoms with Crippen molar-refractivity contribution in [1.29, 1.82) is 0 Å². The number of aromatic nitrogens is 2. The molecule has 17 heavy (non-hydrogen) atoms. The van der Waals surface area contributed by atoms with Crippen LogP contribution < -0.4 is 0 Å². The third-order valence-electron chi connectivity index (χ3n) is 2.96. The molecule has 1 amide bonds. The number of amides is 1. The number of morpholine rings is 1. The lowest BCUT2D eigenvalue weighted by Crippen LogP contribution is -2.46. The molecule has 5 heteroatoms. The maximum Gasteiger partial charge on any atom is 0.251 e. The van der Waals surface area contributed by atoms with Gasteiger partial charge < -0.3 is 14.2 Å². The molecule has 2 rings (SSSR count). The van der Waals surface area contributed by atoms with E-state index in [1.54, 1.807) is 4.90 Å². The first kappa shape index (κ1) is 12.1. The van der Waals surface area contributed by atoms with E-state index in [9.17, 15) is 4.79 Å². The highest BCUT2D eigenvalue weighted by atomic mass is 16.5. The van der Waals surface area contributed by atoms with Crippen molar-refractivity contribution in [1.82, 2.24) is 14.5 Å². The lowest BCUT2D eigenvalue weighted by atomic mass is 10.1. The highest BCUT2D eigenvalue weighted by Crippen LogP contribution is 2.11. The highest BCUT2D eigenvalue weighted by molar-refractivity contribution is 5.81. The summed E-state index contributed by atoms with van der Waals surface area (Å²) >= 11 is 0. The van der Waals surface area contributed by atoms with Crippen LogP contribution in [-0.2, 0) is 22.5 Å². The maximum absolute atomic E-state index is 11.8. The standard InChI is InChI=1S/C12H19N3O2/c1-3-4-15-8-10(13-9-15)7-11-12(16)14(2)5-6-17-11/h8-9,11H,3-7H2,1-2H3/t11-/m0/s1. The van der Waals surface area contributed by atoms with E-state index in [4.69, 9.17) is 4.74 Å². The van der Waals surface area contributed by atoms with E-state index in [1.165, 1.54) is 0 Å². The zero-order valence-electron chi connectivity index (χ0n) is 10.4. The van der Waals surface area contributed by atoms with Crippen LogP contribution in [-0.4, -0.2) is 46.7 Å². The van der Waals surface area contributed by atoms with Gasteiger partial charge >= 0.3 is 0 Å². The van der Waals surface area contributed by atoms with Crippen molar-refractivity contribution in [3.05, 3.63) is 18.2 Å². The molecule has 1 aliphatic heterocycles. The summed E-state index contributed by atoms with van der Waals surface area (Å²) < 4.78 is 7.54. The summed E-state index contributed by atoms with van der Waals surface area (Å²) in [7, 11) is 1.81. The minimum atomic E-state index is -0.362. The minimum absolute atomic E-state index is 0.0568.